The number of hydrogen-bond acceptors (Lipinski definition) is 3. The normalized spacial score (nSPS) is 15.1. The van der Waals surface area contributed by atoms with Crippen molar-refractivity contribution in [2.75, 3.05) is 11.4 Å². The topological polar surface area (TPSA) is 66.5 Å². The van der Waals surface area contributed by atoms with E-state index in [0.29, 0.717) is 45.6 Å². The Morgan fingerprint density at radius 2 is 1.73 bits per heavy atom. The first-order valence-electron chi connectivity index (χ1n) is 11.2. The van der Waals surface area contributed by atoms with Crippen LogP contribution in [0.2, 0.25) is 0 Å². The average Bonchev–Trinajstić information content (AvgIpc) is 2.89. The zero-order chi connectivity index (χ0) is 23.5. The fourth-order valence-corrected chi connectivity index (χ4v) is 5.24. The van der Waals surface area contributed by atoms with Gasteiger partial charge in [0, 0.05) is 12.1 Å². The largest absolute Gasteiger partial charge is 0.352 e. The summed E-state index contributed by atoms with van der Waals surface area (Å²) >= 11 is 0. The lowest BCUT2D eigenvalue weighted by atomic mass is 10.1. The van der Waals surface area contributed by atoms with E-state index in [4.69, 9.17) is 0 Å². The van der Waals surface area contributed by atoms with Crippen molar-refractivity contribution in [2.24, 2.45) is 5.92 Å². The Morgan fingerprint density at radius 3 is 2.48 bits per heavy atom. The minimum atomic E-state index is -1.54. The molecule has 4 rings (SSSR count). The zero-order valence-corrected chi connectivity index (χ0v) is 19.9. The molecule has 0 fully saturated rings. The SMILES string of the molecule is Cc1ccccc1CN1C(=O)c2ccccc2S(=O)c2ccc(C(=O)NCCC(C)C)cc21. The van der Waals surface area contributed by atoms with Gasteiger partial charge in [0.15, 0.2) is 0 Å². The lowest BCUT2D eigenvalue weighted by Crippen LogP contribution is -2.31. The number of fused-ring (bicyclic) bond motifs is 2. The van der Waals surface area contributed by atoms with Crippen LogP contribution in [0, 0.1) is 12.8 Å². The number of hydrogen-bond donors (Lipinski definition) is 1. The molecular formula is C27H28N2O3S. The lowest BCUT2D eigenvalue weighted by Gasteiger charge is -2.24. The number of anilines is 1. The molecule has 1 unspecified atom stereocenters. The summed E-state index contributed by atoms with van der Waals surface area (Å²) in [6, 6.07) is 20.0. The molecule has 1 aliphatic rings. The molecular weight excluding hydrogens is 432 g/mol. The molecule has 0 saturated carbocycles. The van der Waals surface area contributed by atoms with Gasteiger partial charge in [-0.3, -0.25) is 9.59 Å². The summed E-state index contributed by atoms with van der Waals surface area (Å²) in [6.45, 7) is 7.12. The van der Waals surface area contributed by atoms with E-state index in [-0.39, 0.29) is 11.8 Å². The summed E-state index contributed by atoms with van der Waals surface area (Å²) < 4.78 is 13.5. The average molecular weight is 461 g/mol. The third-order valence-electron chi connectivity index (χ3n) is 5.87. The molecule has 170 valence electrons. The van der Waals surface area contributed by atoms with E-state index in [1.165, 1.54) is 0 Å². The van der Waals surface area contributed by atoms with E-state index in [9.17, 15) is 13.8 Å². The second-order valence-corrected chi connectivity index (χ2v) is 10.1. The Bertz CT molecular complexity index is 1240. The molecule has 0 spiro atoms. The van der Waals surface area contributed by atoms with Crippen molar-refractivity contribution < 1.29 is 13.8 Å². The third-order valence-corrected chi connectivity index (χ3v) is 7.37. The van der Waals surface area contributed by atoms with Crippen molar-refractivity contribution in [1.82, 2.24) is 5.32 Å². The van der Waals surface area contributed by atoms with E-state index in [0.717, 1.165) is 17.5 Å². The molecule has 0 aromatic heterocycles. The first-order valence-corrected chi connectivity index (χ1v) is 12.3. The van der Waals surface area contributed by atoms with Crippen molar-refractivity contribution in [1.29, 1.82) is 0 Å². The van der Waals surface area contributed by atoms with E-state index >= 15 is 0 Å². The fourth-order valence-electron chi connectivity index (χ4n) is 3.90. The Balaban J connectivity index is 1.79. The van der Waals surface area contributed by atoms with Crippen LogP contribution in [0.3, 0.4) is 0 Å². The molecule has 0 radical (unpaired) electrons. The maximum atomic E-state index is 13.7. The van der Waals surface area contributed by atoms with Crippen LogP contribution in [0.25, 0.3) is 0 Å². The van der Waals surface area contributed by atoms with Gasteiger partial charge < -0.3 is 10.2 Å². The van der Waals surface area contributed by atoms with Gasteiger partial charge in [0.25, 0.3) is 11.8 Å². The molecule has 0 saturated heterocycles. The Labute approximate surface area is 197 Å². The van der Waals surface area contributed by atoms with Crippen LogP contribution in [0.5, 0.6) is 0 Å². The van der Waals surface area contributed by atoms with Crippen molar-refractivity contribution in [3.05, 3.63) is 89.0 Å². The number of benzene rings is 3. The summed E-state index contributed by atoms with van der Waals surface area (Å²) in [4.78, 5) is 29.2. The number of aryl methyl sites for hydroxylation is 1. The van der Waals surface area contributed by atoms with Gasteiger partial charge in [-0.15, -0.1) is 0 Å². The molecule has 1 N–H and O–H groups in total. The molecule has 5 nitrogen and oxygen atoms in total. The molecule has 0 bridgehead atoms. The molecule has 1 atom stereocenters. The molecule has 1 heterocycles. The van der Waals surface area contributed by atoms with E-state index < -0.39 is 10.8 Å². The van der Waals surface area contributed by atoms with Gasteiger partial charge in [-0.05, 0) is 60.7 Å². The van der Waals surface area contributed by atoms with Gasteiger partial charge >= 0.3 is 0 Å². The van der Waals surface area contributed by atoms with Gasteiger partial charge in [-0.2, -0.15) is 0 Å². The zero-order valence-electron chi connectivity index (χ0n) is 19.1. The van der Waals surface area contributed by atoms with Crippen LogP contribution >= 0.6 is 0 Å². The number of nitrogens with zero attached hydrogens (tertiary/aromatic N) is 1. The van der Waals surface area contributed by atoms with Crippen LogP contribution in [-0.2, 0) is 17.3 Å². The molecule has 1 aliphatic heterocycles. The summed E-state index contributed by atoms with van der Waals surface area (Å²) in [5, 5.41) is 2.95. The predicted molar refractivity (Wildman–Crippen MR) is 131 cm³/mol. The predicted octanol–water partition coefficient (Wildman–Crippen LogP) is 5.10. The van der Waals surface area contributed by atoms with Crippen molar-refractivity contribution in [3.63, 3.8) is 0 Å². The Kier molecular flexibility index (Phi) is 6.75. The number of nitrogens with one attached hydrogen (secondary N) is 1. The summed E-state index contributed by atoms with van der Waals surface area (Å²) in [7, 11) is -1.54. The molecule has 0 aliphatic carbocycles. The second-order valence-electron chi connectivity index (χ2n) is 8.70. The first-order chi connectivity index (χ1) is 15.9. The number of carbonyl (C=O) groups excluding carboxylic acids is 2. The smallest absolute Gasteiger partial charge is 0.259 e. The molecule has 3 aromatic carbocycles. The van der Waals surface area contributed by atoms with Crippen LogP contribution in [0.4, 0.5) is 5.69 Å². The Hall–Kier alpha value is -3.25. The van der Waals surface area contributed by atoms with Gasteiger partial charge in [-0.25, -0.2) is 4.21 Å². The van der Waals surface area contributed by atoms with Crippen LogP contribution in [0.15, 0.2) is 76.5 Å². The van der Waals surface area contributed by atoms with Gasteiger partial charge in [0.2, 0.25) is 0 Å². The van der Waals surface area contributed by atoms with Crippen molar-refractivity contribution in [2.45, 2.75) is 43.5 Å². The van der Waals surface area contributed by atoms with Crippen LogP contribution < -0.4 is 10.2 Å². The monoisotopic (exact) mass is 460 g/mol. The van der Waals surface area contributed by atoms with E-state index in [2.05, 4.69) is 19.2 Å². The quantitative estimate of drug-likeness (QED) is 0.557. The summed E-state index contributed by atoms with van der Waals surface area (Å²) in [5.41, 5.74) is 3.43. The highest BCUT2D eigenvalue weighted by molar-refractivity contribution is 7.85. The standard InChI is InChI=1S/C27H28N2O3S/c1-18(2)14-15-28-26(30)20-12-13-25-23(16-20)29(17-21-9-5-4-8-19(21)3)27(31)22-10-6-7-11-24(22)33(25)32/h4-13,16,18H,14-15,17H2,1-3H3,(H,28,30). The molecule has 6 heteroatoms. The highest BCUT2D eigenvalue weighted by Gasteiger charge is 2.31. The van der Waals surface area contributed by atoms with E-state index in [1.807, 2.05) is 31.2 Å². The number of amides is 2. The van der Waals surface area contributed by atoms with Gasteiger partial charge in [0.05, 0.1) is 38.4 Å². The minimum absolute atomic E-state index is 0.200. The summed E-state index contributed by atoms with van der Waals surface area (Å²) in [6.07, 6.45) is 0.883. The highest BCUT2D eigenvalue weighted by atomic mass is 32.2. The van der Waals surface area contributed by atoms with Gasteiger partial charge in [-0.1, -0.05) is 50.2 Å². The van der Waals surface area contributed by atoms with Gasteiger partial charge in [0.1, 0.15) is 0 Å². The summed E-state index contributed by atoms with van der Waals surface area (Å²) in [5.74, 6) is 0.0631. The molecule has 3 aromatic rings. The Morgan fingerprint density at radius 1 is 1.00 bits per heavy atom. The fraction of sp³-hybridized carbons (Fsp3) is 0.259. The third kappa shape index (κ3) is 4.76. The number of rotatable bonds is 6. The van der Waals surface area contributed by atoms with Crippen LogP contribution in [-0.4, -0.2) is 22.6 Å². The second kappa shape index (κ2) is 9.71. The molecule has 2 amide bonds. The first kappa shape index (κ1) is 22.9. The van der Waals surface area contributed by atoms with E-state index in [1.54, 1.807) is 47.4 Å². The van der Waals surface area contributed by atoms with Crippen molar-refractivity contribution >= 4 is 28.3 Å². The van der Waals surface area contributed by atoms with Crippen molar-refractivity contribution in [3.8, 4) is 0 Å². The molecule has 33 heavy (non-hydrogen) atoms. The minimum Gasteiger partial charge on any atom is -0.352 e. The lowest BCUT2D eigenvalue weighted by molar-refractivity contribution is 0.0948. The highest BCUT2D eigenvalue weighted by Crippen LogP contribution is 2.36. The maximum absolute atomic E-state index is 13.7. The number of carbonyl (C=O) groups is 2. The van der Waals surface area contributed by atoms with Crippen LogP contribution in [0.1, 0.15) is 52.1 Å². The maximum Gasteiger partial charge on any atom is 0.259 e.